The number of anilines is 1. The van der Waals surface area contributed by atoms with Crippen molar-refractivity contribution in [3.63, 3.8) is 0 Å². The van der Waals surface area contributed by atoms with E-state index in [1.54, 1.807) is 0 Å². The third-order valence-corrected chi connectivity index (χ3v) is 6.21. The van der Waals surface area contributed by atoms with Gasteiger partial charge in [-0.15, -0.1) is 0 Å². The van der Waals surface area contributed by atoms with Crippen LogP contribution < -0.4 is 10.6 Å². The largest absolute Gasteiger partial charge is 0.385 e. The lowest BCUT2D eigenvalue weighted by Crippen LogP contribution is -2.47. The Hall–Kier alpha value is -1.88. The number of nitrogens with zero attached hydrogens (tertiary/aromatic N) is 2. The van der Waals surface area contributed by atoms with Gasteiger partial charge in [-0.25, -0.2) is 0 Å². The van der Waals surface area contributed by atoms with Crippen LogP contribution in [0.25, 0.3) is 0 Å². The van der Waals surface area contributed by atoms with Crippen molar-refractivity contribution >= 4 is 5.69 Å². The molecular formula is C24H34N4. The Bertz CT molecular complexity index is 732. The summed E-state index contributed by atoms with van der Waals surface area (Å²) in [4.78, 5) is 5.14. The zero-order valence-electron chi connectivity index (χ0n) is 17.1. The molecule has 28 heavy (non-hydrogen) atoms. The molecular weight excluding hydrogens is 344 g/mol. The van der Waals surface area contributed by atoms with Crippen LogP contribution in [-0.2, 0) is 0 Å². The molecule has 0 aromatic heterocycles. The fourth-order valence-electron chi connectivity index (χ4n) is 4.63. The average Bonchev–Trinajstić information content (AvgIpc) is 2.95. The molecule has 2 aromatic carbocycles. The molecule has 1 fully saturated rings. The molecule has 2 aliphatic heterocycles. The molecule has 0 spiro atoms. The first-order chi connectivity index (χ1) is 13.8. The van der Waals surface area contributed by atoms with E-state index in [0.29, 0.717) is 12.1 Å². The van der Waals surface area contributed by atoms with Gasteiger partial charge in [0, 0.05) is 50.5 Å². The molecule has 0 saturated carbocycles. The zero-order valence-corrected chi connectivity index (χ0v) is 17.1. The van der Waals surface area contributed by atoms with Gasteiger partial charge >= 0.3 is 0 Å². The monoisotopic (exact) mass is 378 g/mol. The molecule has 4 rings (SSSR count). The highest BCUT2D eigenvalue weighted by Crippen LogP contribution is 2.29. The van der Waals surface area contributed by atoms with E-state index in [1.807, 2.05) is 0 Å². The van der Waals surface area contributed by atoms with Crippen LogP contribution in [0.15, 0.2) is 54.6 Å². The molecule has 2 heterocycles. The van der Waals surface area contributed by atoms with Crippen LogP contribution in [0.4, 0.5) is 5.69 Å². The minimum absolute atomic E-state index is 0.476. The predicted octanol–water partition coefficient (Wildman–Crippen LogP) is 3.90. The maximum Gasteiger partial charge on any atom is 0.0475 e. The van der Waals surface area contributed by atoms with Crippen LogP contribution in [-0.4, -0.2) is 56.1 Å². The first-order valence-electron chi connectivity index (χ1n) is 10.8. The van der Waals surface area contributed by atoms with Crippen LogP contribution >= 0.6 is 0 Å². The lowest BCUT2D eigenvalue weighted by atomic mass is 10.0. The Kier molecular flexibility index (Phi) is 6.63. The highest BCUT2D eigenvalue weighted by atomic mass is 15.3. The quantitative estimate of drug-likeness (QED) is 0.747. The Morgan fingerprint density at radius 1 is 1.04 bits per heavy atom. The van der Waals surface area contributed by atoms with Gasteiger partial charge in [0.1, 0.15) is 0 Å². The lowest BCUT2D eigenvalue weighted by Gasteiger charge is -2.40. The highest BCUT2D eigenvalue weighted by Gasteiger charge is 2.26. The SMILES string of the molecule is CN1CCN(CCCNC2CCCNc3ccccc32)C(c2ccccc2)C1. The van der Waals surface area contributed by atoms with Crippen molar-refractivity contribution in [2.45, 2.75) is 31.3 Å². The van der Waals surface area contributed by atoms with Crippen LogP contribution in [0.1, 0.15) is 42.5 Å². The first kappa shape index (κ1) is 19.4. The van der Waals surface area contributed by atoms with E-state index in [-0.39, 0.29) is 0 Å². The third kappa shape index (κ3) is 4.75. The fraction of sp³-hybridized carbons (Fsp3) is 0.500. The lowest BCUT2D eigenvalue weighted by molar-refractivity contribution is 0.0886. The number of para-hydroxylation sites is 1. The van der Waals surface area contributed by atoms with Gasteiger partial charge in [0.2, 0.25) is 0 Å². The second-order valence-electron chi connectivity index (χ2n) is 8.24. The molecule has 0 bridgehead atoms. The Morgan fingerprint density at radius 2 is 1.86 bits per heavy atom. The molecule has 0 amide bonds. The summed E-state index contributed by atoms with van der Waals surface area (Å²) in [6.07, 6.45) is 3.63. The van der Waals surface area contributed by atoms with Crippen molar-refractivity contribution in [3.05, 3.63) is 65.7 Å². The van der Waals surface area contributed by atoms with E-state index in [1.165, 1.54) is 42.6 Å². The van der Waals surface area contributed by atoms with Crippen molar-refractivity contribution in [1.29, 1.82) is 0 Å². The maximum absolute atomic E-state index is 3.84. The first-order valence-corrected chi connectivity index (χ1v) is 10.8. The van der Waals surface area contributed by atoms with Crippen molar-refractivity contribution in [1.82, 2.24) is 15.1 Å². The molecule has 4 heteroatoms. The Morgan fingerprint density at radius 3 is 2.75 bits per heavy atom. The molecule has 1 saturated heterocycles. The molecule has 2 aromatic rings. The molecule has 2 aliphatic rings. The van der Waals surface area contributed by atoms with Crippen molar-refractivity contribution in [2.75, 3.05) is 51.6 Å². The molecule has 0 aliphatic carbocycles. The summed E-state index contributed by atoms with van der Waals surface area (Å²) in [5, 5.41) is 7.42. The summed E-state index contributed by atoms with van der Waals surface area (Å²) in [5.41, 5.74) is 4.19. The van der Waals surface area contributed by atoms with Crippen LogP contribution in [0, 0.1) is 0 Å². The standard InChI is InChI=1S/C24H34N4/c1-27-17-18-28(24(19-27)20-9-3-2-4-10-20)16-8-15-26-23-13-7-14-25-22-12-6-5-11-21(22)23/h2-6,9-12,23-26H,7-8,13-19H2,1H3. The summed E-state index contributed by atoms with van der Waals surface area (Å²) in [6, 6.07) is 20.8. The molecule has 150 valence electrons. The second-order valence-corrected chi connectivity index (χ2v) is 8.24. The van der Waals surface area contributed by atoms with E-state index >= 15 is 0 Å². The van der Waals surface area contributed by atoms with Crippen molar-refractivity contribution < 1.29 is 0 Å². The van der Waals surface area contributed by atoms with Gasteiger partial charge in [0.25, 0.3) is 0 Å². The van der Waals surface area contributed by atoms with Crippen LogP contribution in [0.3, 0.4) is 0 Å². The number of nitrogens with one attached hydrogen (secondary N) is 2. The number of fused-ring (bicyclic) bond motifs is 1. The topological polar surface area (TPSA) is 30.5 Å². The summed E-state index contributed by atoms with van der Waals surface area (Å²) >= 11 is 0. The summed E-state index contributed by atoms with van der Waals surface area (Å²) in [7, 11) is 2.24. The molecule has 0 radical (unpaired) electrons. The van der Waals surface area contributed by atoms with Gasteiger partial charge in [-0.2, -0.15) is 0 Å². The molecule has 2 unspecified atom stereocenters. The minimum Gasteiger partial charge on any atom is -0.385 e. The maximum atomic E-state index is 3.84. The van der Waals surface area contributed by atoms with E-state index in [9.17, 15) is 0 Å². The van der Waals surface area contributed by atoms with E-state index < -0.39 is 0 Å². The van der Waals surface area contributed by atoms with Gasteiger partial charge < -0.3 is 15.5 Å². The summed E-state index contributed by atoms with van der Waals surface area (Å²) in [6.45, 7) is 6.76. The van der Waals surface area contributed by atoms with Gasteiger partial charge in [0.05, 0.1) is 0 Å². The van der Waals surface area contributed by atoms with Crippen molar-refractivity contribution in [2.24, 2.45) is 0 Å². The van der Waals surface area contributed by atoms with Gasteiger partial charge in [0.15, 0.2) is 0 Å². The number of rotatable bonds is 6. The Balaban J connectivity index is 1.32. The molecule has 4 nitrogen and oxygen atoms in total. The summed E-state index contributed by atoms with van der Waals surface area (Å²) in [5.74, 6) is 0. The normalized spacial score (nSPS) is 23.6. The second kappa shape index (κ2) is 9.55. The minimum atomic E-state index is 0.476. The van der Waals surface area contributed by atoms with Crippen molar-refractivity contribution in [3.8, 4) is 0 Å². The van der Waals surface area contributed by atoms with Gasteiger partial charge in [-0.1, -0.05) is 48.5 Å². The van der Waals surface area contributed by atoms with E-state index in [2.05, 4.69) is 82.1 Å². The summed E-state index contributed by atoms with van der Waals surface area (Å²) < 4.78 is 0. The molecule has 2 atom stereocenters. The smallest absolute Gasteiger partial charge is 0.0475 e. The third-order valence-electron chi connectivity index (χ3n) is 6.21. The number of benzene rings is 2. The zero-order chi connectivity index (χ0) is 19.2. The Labute approximate surface area is 169 Å². The van der Waals surface area contributed by atoms with Gasteiger partial charge in [-0.05, 0) is 50.0 Å². The van der Waals surface area contributed by atoms with E-state index in [0.717, 1.165) is 32.7 Å². The highest BCUT2D eigenvalue weighted by molar-refractivity contribution is 5.53. The predicted molar refractivity (Wildman–Crippen MR) is 118 cm³/mol. The number of hydrogen-bond donors (Lipinski definition) is 2. The number of piperazine rings is 1. The van der Waals surface area contributed by atoms with E-state index in [4.69, 9.17) is 0 Å². The van der Waals surface area contributed by atoms with Crippen LogP contribution in [0.5, 0.6) is 0 Å². The fourth-order valence-corrected chi connectivity index (χ4v) is 4.63. The number of likely N-dealkylation sites (N-methyl/N-ethyl adjacent to an activating group) is 1. The number of hydrogen-bond acceptors (Lipinski definition) is 4. The van der Waals surface area contributed by atoms with Gasteiger partial charge in [-0.3, -0.25) is 4.90 Å². The molecule has 2 N–H and O–H groups in total. The average molecular weight is 379 g/mol. The van der Waals surface area contributed by atoms with Crippen LogP contribution in [0.2, 0.25) is 0 Å².